The van der Waals surface area contributed by atoms with Crippen LogP contribution in [0.1, 0.15) is 5.56 Å². The summed E-state index contributed by atoms with van der Waals surface area (Å²) >= 11 is 1.51. The van der Waals surface area contributed by atoms with E-state index in [0.29, 0.717) is 6.42 Å². The van der Waals surface area contributed by atoms with E-state index >= 15 is 0 Å². The molecule has 0 aliphatic heterocycles. The minimum atomic E-state index is -0.660. The highest BCUT2D eigenvalue weighted by atomic mass is 32.1. The Morgan fingerprint density at radius 2 is 2.11 bits per heavy atom. The summed E-state index contributed by atoms with van der Waals surface area (Å²) < 4.78 is 0. The lowest BCUT2D eigenvalue weighted by Gasteiger charge is -2.09. The standard InChI is InChI=1S/C14H12N2OS/c15-9-12(8-11-4-2-1-3-5-11)14(17)16-13-6-7-18-10-13/h1-7,10,12H,8H2,(H,16,17). The van der Waals surface area contributed by atoms with Crippen molar-refractivity contribution in [3.05, 3.63) is 52.7 Å². The van der Waals surface area contributed by atoms with E-state index in [1.165, 1.54) is 11.3 Å². The summed E-state index contributed by atoms with van der Waals surface area (Å²) in [6.45, 7) is 0. The van der Waals surface area contributed by atoms with Crippen LogP contribution < -0.4 is 5.32 Å². The summed E-state index contributed by atoms with van der Waals surface area (Å²) in [4.78, 5) is 11.9. The van der Waals surface area contributed by atoms with Gasteiger partial charge in [-0.15, -0.1) is 0 Å². The SMILES string of the molecule is N#CC(Cc1ccccc1)C(=O)Nc1ccsc1. The van der Waals surface area contributed by atoms with E-state index < -0.39 is 5.92 Å². The average Bonchev–Trinajstić information content (AvgIpc) is 2.90. The number of hydrogen-bond donors (Lipinski definition) is 1. The first kappa shape index (κ1) is 12.3. The predicted molar refractivity (Wildman–Crippen MR) is 72.2 cm³/mol. The number of benzene rings is 1. The number of nitrogens with one attached hydrogen (secondary N) is 1. The van der Waals surface area contributed by atoms with E-state index in [0.717, 1.165) is 11.3 Å². The maximum absolute atomic E-state index is 11.9. The van der Waals surface area contributed by atoms with Gasteiger partial charge in [0.25, 0.3) is 0 Å². The van der Waals surface area contributed by atoms with Gasteiger partial charge in [0.05, 0.1) is 11.8 Å². The molecule has 0 bridgehead atoms. The molecule has 0 fully saturated rings. The van der Waals surface area contributed by atoms with E-state index in [2.05, 4.69) is 11.4 Å². The smallest absolute Gasteiger partial charge is 0.242 e. The number of thiophene rings is 1. The summed E-state index contributed by atoms with van der Waals surface area (Å²) in [7, 11) is 0. The molecule has 1 heterocycles. The Kier molecular flexibility index (Phi) is 4.11. The Morgan fingerprint density at radius 1 is 1.33 bits per heavy atom. The predicted octanol–water partition coefficient (Wildman–Crippen LogP) is 3.07. The monoisotopic (exact) mass is 256 g/mol. The number of carbonyl (C=O) groups is 1. The van der Waals surface area contributed by atoms with Gasteiger partial charge in [0.2, 0.25) is 5.91 Å². The van der Waals surface area contributed by atoms with Crippen LogP contribution in [0.2, 0.25) is 0 Å². The highest BCUT2D eigenvalue weighted by Crippen LogP contribution is 2.15. The molecule has 1 N–H and O–H groups in total. The van der Waals surface area contributed by atoms with Gasteiger partial charge in [-0.05, 0) is 23.4 Å². The lowest BCUT2D eigenvalue weighted by molar-refractivity contribution is -0.118. The van der Waals surface area contributed by atoms with Crippen molar-refractivity contribution in [3.8, 4) is 6.07 Å². The summed E-state index contributed by atoms with van der Waals surface area (Å²) in [6, 6.07) is 13.4. The number of nitrogens with zero attached hydrogens (tertiary/aromatic N) is 1. The van der Waals surface area contributed by atoms with Gasteiger partial charge < -0.3 is 5.32 Å². The van der Waals surface area contributed by atoms with Crippen LogP contribution in [0, 0.1) is 17.2 Å². The minimum absolute atomic E-state index is 0.250. The third kappa shape index (κ3) is 3.19. The number of anilines is 1. The molecule has 90 valence electrons. The molecular formula is C14H12N2OS. The third-order valence-electron chi connectivity index (χ3n) is 2.54. The van der Waals surface area contributed by atoms with Crippen molar-refractivity contribution in [2.75, 3.05) is 5.32 Å². The molecule has 3 nitrogen and oxygen atoms in total. The molecule has 2 rings (SSSR count). The van der Waals surface area contributed by atoms with Crippen molar-refractivity contribution in [1.29, 1.82) is 5.26 Å². The van der Waals surface area contributed by atoms with Crippen LogP contribution in [0.15, 0.2) is 47.2 Å². The molecule has 2 aromatic rings. The van der Waals surface area contributed by atoms with Crippen LogP contribution in [-0.4, -0.2) is 5.91 Å². The van der Waals surface area contributed by atoms with Gasteiger partial charge in [-0.1, -0.05) is 30.3 Å². The van der Waals surface area contributed by atoms with Gasteiger partial charge in [0, 0.05) is 5.38 Å². The van der Waals surface area contributed by atoms with Gasteiger partial charge in [-0.2, -0.15) is 16.6 Å². The number of hydrogen-bond acceptors (Lipinski definition) is 3. The largest absolute Gasteiger partial charge is 0.324 e. The molecule has 0 saturated carbocycles. The molecule has 1 aromatic carbocycles. The van der Waals surface area contributed by atoms with Crippen LogP contribution in [0.25, 0.3) is 0 Å². The van der Waals surface area contributed by atoms with Gasteiger partial charge in [0.1, 0.15) is 5.92 Å². The molecule has 0 radical (unpaired) electrons. The number of carbonyl (C=O) groups excluding carboxylic acids is 1. The van der Waals surface area contributed by atoms with Crippen molar-refractivity contribution >= 4 is 22.9 Å². The lowest BCUT2D eigenvalue weighted by Crippen LogP contribution is -2.23. The summed E-state index contributed by atoms with van der Waals surface area (Å²) in [5, 5.41) is 15.5. The van der Waals surface area contributed by atoms with Crippen molar-refractivity contribution in [3.63, 3.8) is 0 Å². The fraction of sp³-hybridized carbons (Fsp3) is 0.143. The zero-order chi connectivity index (χ0) is 12.8. The molecule has 1 atom stereocenters. The van der Waals surface area contributed by atoms with E-state index in [1.54, 1.807) is 0 Å². The van der Waals surface area contributed by atoms with Gasteiger partial charge >= 0.3 is 0 Å². The Bertz CT molecular complexity index is 543. The molecule has 1 unspecified atom stereocenters. The van der Waals surface area contributed by atoms with Crippen LogP contribution >= 0.6 is 11.3 Å². The summed E-state index contributed by atoms with van der Waals surface area (Å²) in [5.74, 6) is -0.910. The molecule has 0 spiro atoms. The Balaban J connectivity index is 2.01. The minimum Gasteiger partial charge on any atom is -0.324 e. The van der Waals surface area contributed by atoms with Crippen LogP contribution in [0.5, 0.6) is 0 Å². The summed E-state index contributed by atoms with van der Waals surface area (Å²) in [5.41, 5.74) is 1.74. The molecule has 0 saturated heterocycles. The van der Waals surface area contributed by atoms with Crippen LogP contribution in [-0.2, 0) is 11.2 Å². The number of amides is 1. The fourth-order valence-corrected chi connectivity index (χ4v) is 2.20. The third-order valence-corrected chi connectivity index (χ3v) is 3.23. The number of nitriles is 1. The zero-order valence-corrected chi connectivity index (χ0v) is 10.5. The van der Waals surface area contributed by atoms with E-state index in [1.807, 2.05) is 47.2 Å². The van der Waals surface area contributed by atoms with Crippen molar-refractivity contribution in [2.45, 2.75) is 6.42 Å². The zero-order valence-electron chi connectivity index (χ0n) is 9.67. The first-order valence-corrected chi connectivity index (χ1v) is 6.50. The van der Waals surface area contributed by atoms with Crippen molar-refractivity contribution in [2.24, 2.45) is 5.92 Å². The Morgan fingerprint density at radius 3 is 2.72 bits per heavy atom. The molecule has 18 heavy (non-hydrogen) atoms. The van der Waals surface area contributed by atoms with Crippen LogP contribution in [0.4, 0.5) is 5.69 Å². The quantitative estimate of drug-likeness (QED) is 0.914. The average molecular weight is 256 g/mol. The fourth-order valence-electron chi connectivity index (χ4n) is 1.61. The first-order valence-electron chi connectivity index (χ1n) is 5.56. The van der Waals surface area contributed by atoms with E-state index in [4.69, 9.17) is 5.26 Å². The molecular weight excluding hydrogens is 244 g/mol. The van der Waals surface area contributed by atoms with E-state index in [-0.39, 0.29) is 5.91 Å². The maximum Gasteiger partial charge on any atom is 0.242 e. The maximum atomic E-state index is 11.9. The second-order valence-electron chi connectivity index (χ2n) is 3.87. The Labute approximate surface area is 110 Å². The second-order valence-corrected chi connectivity index (χ2v) is 4.65. The second kappa shape index (κ2) is 5.99. The van der Waals surface area contributed by atoms with Crippen molar-refractivity contribution in [1.82, 2.24) is 0 Å². The normalized spacial score (nSPS) is 11.5. The Hall–Kier alpha value is -2.12. The highest BCUT2D eigenvalue weighted by Gasteiger charge is 2.18. The molecule has 0 aliphatic carbocycles. The first-order chi connectivity index (χ1) is 8.79. The van der Waals surface area contributed by atoms with E-state index in [9.17, 15) is 4.79 Å². The van der Waals surface area contributed by atoms with Gasteiger partial charge in [-0.3, -0.25) is 4.79 Å². The number of rotatable bonds is 4. The molecule has 0 aliphatic rings. The lowest BCUT2D eigenvalue weighted by atomic mass is 10.00. The van der Waals surface area contributed by atoms with Crippen LogP contribution in [0.3, 0.4) is 0 Å². The molecule has 1 amide bonds. The van der Waals surface area contributed by atoms with Gasteiger partial charge in [-0.25, -0.2) is 0 Å². The molecule has 1 aromatic heterocycles. The van der Waals surface area contributed by atoms with Gasteiger partial charge in [0.15, 0.2) is 0 Å². The van der Waals surface area contributed by atoms with Crippen molar-refractivity contribution < 1.29 is 4.79 Å². The molecule has 4 heteroatoms. The highest BCUT2D eigenvalue weighted by molar-refractivity contribution is 7.08. The summed E-state index contributed by atoms with van der Waals surface area (Å²) in [6.07, 6.45) is 0.438. The topological polar surface area (TPSA) is 52.9 Å².